The molecular formula is C5H2I2N2. The van der Waals surface area contributed by atoms with Gasteiger partial charge in [-0.3, -0.25) is 0 Å². The Morgan fingerprint density at radius 1 is 1.44 bits per heavy atom. The molecule has 0 unspecified atom stereocenters. The molecule has 1 heterocycles. The van der Waals surface area contributed by atoms with Crippen molar-refractivity contribution in [1.82, 2.24) is 0 Å². The van der Waals surface area contributed by atoms with E-state index in [-0.39, 0.29) is 0 Å². The Morgan fingerprint density at radius 3 is 3.00 bits per heavy atom. The molecule has 0 atom stereocenters. The Hall–Kier alpha value is 0.320. The molecule has 9 heavy (non-hydrogen) atoms. The predicted octanol–water partition coefficient (Wildman–Crippen LogP) is 2.29. The zero-order valence-electron chi connectivity index (χ0n) is 4.31. The van der Waals surface area contributed by atoms with E-state index in [1.54, 1.807) is 6.08 Å². The summed E-state index contributed by atoms with van der Waals surface area (Å²) in [5.41, 5.74) is 0. The second-order valence-electron chi connectivity index (χ2n) is 1.33. The fraction of sp³-hybridized carbons (Fsp3) is 0. The lowest BCUT2D eigenvalue weighted by Gasteiger charge is -1.81. The summed E-state index contributed by atoms with van der Waals surface area (Å²) in [5.74, 6) is 2.66. The van der Waals surface area contributed by atoms with Gasteiger partial charge in [0.15, 0.2) is 0 Å². The van der Waals surface area contributed by atoms with Gasteiger partial charge in [0.2, 0.25) is 0 Å². The molecule has 0 aromatic carbocycles. The second kappa shape index (κ2) is 3.48. The molecule has 2 nitrogen and oxygen atoms in total. The number of nitrogens with zero attached hydrogens (tertiary/aromatic N) is 2. The SMILES string of the molecule is IC1=CC(I)=NN=C=C1. The van der Waals surface area contributed by atoms with Gasteiger partial charge in [-0.05, 0) is 51.3 Å². The maximum Gasteiger partial charge on any atom is 0.125 e. The van der Waals surface area contributed by atoms with Crippen molar-refractivity contribution in [3.63, 3.8) is 0 Å². The van der Waals surface area contributed by atoms with E-state index in [1.165, 1.54) is 0 Å². The molecule has 46 valence electrons. The Morgan fingerprint density at radius 2 is 2.22 bits per heavy atom. The van der Waals surface area contributed by atoms with E-state index in [9.17, 15) is 0 Å². The fourth-order valence-electron chi connectivity index (χ4n) is 0.351. The van der Waals surface area contributed by atoms with Crippen molar-refractivity contribution in [1.29, 1.82) is 0 Å². The summed E-state index contributed by atoms with van der Waals surface area (Å²) in [6.45, 7) is 0. The minimum Gasteiger partial charge on any atom is -0.136 e. The first kappa shape index (κ1) is 7.43. The summed E-state index contributed by atoms with van der Waals surface area (Å²) >= 11 is 4.31. The van der Waals surface area contributed by atoms with Crippen molar-refractivity contribution in [3.05, 3.63) is 15.7 Å². The van der Waals surface area contributed by atoms with Crippen molar-refractivity contribution in [2.75, 3.05) is 0 Å². The monoisotopic (exact) mass is 344 g/mol. The molecule has 0 aromatic heterocycles. The molecule has 1 aliphatic rings. The van der Waals surface area contributed by atoms with E-state index in [0.717, 1.165) is 7.30 Å². The maximum absolute atomic E-state index is 3.78. The van der Waals surface area contributed by atoms with Gasteiger partial charge in [-0.25, -0.2) is 0 Å². The van der Waals surface area contributed by atoms with Gasteiger partial charge in [-0.2, -0.15) is 0 Å². The van der Waals surface area contributed by atoms with E-state index in [4.69, 9.17) is 0 Å². The standard InChI is InChI=1S/C5H2I2N2/c6-4-1-2-8-9-5(7)3-4/h1,3H. The van der Waals surface area contributed by atoms with E-state index in [0.29, 0.717) is 0 Å². The van der Waals surface area contributed by atoms with Crippen molar-refractivity contribution in [2.24, 2.45) is 10.2 Å². The molecule has 0 aliphatic carbocycles. The van der Waals surface area contributed by atoms with Gasteiger partial charge < -0.3 is 0 Å². The van der Waals surface area contributed by atoms with Gasteiger partial charge in [0, 0.05) is 15.5 Å². The average Bonchev–Trinajstić information content (AvgIpc) is 1.93. The Bertz CT molecular complexity index is 233. The van der Waals surface area contributed by atoms with Crippen LogP contribution in [-0.2, 0) is 0 Å². The Balaban J connectivity index is 3.00. The summed E-state index contributed by atoms with van der Waals surface area (Å²) in [7, 11) is 0. The third-order valence-electron chi connectivity index (χ3n) is 0.663. The average molecular weight is 344 g/mol. The highest BCUT2D eigenvalue weighted by Gasteiger charge is 1.90. The molecule has 0 saturated heterocycles. The minimum atomic E-state index is 0.887. The molecule has 0 aromatic rings. The van der Waals surface area contributed by atoms with Gasteiger partial charge in [0.1, 0.15) is 3.72 Å². The normalized spacial score (nSPS) is 16.7. The van der Waals surface area contributed by atoms with Crippen LogP contribution in [0.2, 0.25) is 0 Å². The highest BCUT2D eigenvalue weighted by molar-refractivity contribution is 14.1. The van der Waals surface area contributed by atoms with Gasteiger partial charge in [0.05, 0.1) is 0 Å². The van der Waals surface area contributed by atoms with E-state index in [2.05, 4.69) is 61.3 Å². The molecule has 0 N–H and O–H groups in total. The molecule has 0 bridgehead atoms. The molecule has 1 aliphatic heterocycles. The van der Waals surface area contributed by atoms with Crippen LogP contribution in [0, 0.1) is 0 Å². The highest BCUT2D eigenvalue weighted by Crippen LogP contribution is 2.10. The molecule has 1 rings (SSSR count). The van der Waals surface area contributed by atoms with Crippen LogP contribution < -0.4 is 0 Å². The molecule has 0 radical (unpaired) electrons. The number of rotatable bonds is 0. The summed E-state index contributed by atoms with van der Waals surface area (Å²) in [6, 6.07) is 0. The van der Waals surface area contributed by atoms with Crippen LogP contribution in [0.4, 0.5) is 0 Å². The molecule has 0 spiro atoms. The van der Waals surface area contributed by atoms with Gasteiger partial charge in [-0.15, -0.1) is 10.2 Å². The zero-order chi connectivity index (χ0) is 6.69. The fourth-order valence-corrected chi connectivity index (χ4v) is 1.82. The highest BCUT2D eigenvalue weighted by atomic mass is 127. The van der Waals surface area contributed by atoms with Crippen molar-refractivity contribution in [3.8, 4) is 0 Å². The number of allylic oxidation sites excluding steroid dienone is 3. The summed E-state index contributed by atoms with van der Waals surface area (Å²) in [6.07, 6.45) is 3.72. The molecule has 0 amide bonds. The van der Waals surface area contributed by atoms with Crippen LogP contribution in [0.3, 0.4) is 0 Å². The summed E-state index contributed by atoms with van der Waals surface area (Å²) in [5, 5.41) is 7.40. The lowest BCUT2D eigenvalue weighted by Crippen LogP contribution is -1.74. The smallest absolute Gasteiger partial charge is 0.125 e. The predicted molar refractivity (Wildman–Crippen MR) is 55.6 cm³/mol. The van der Waals surface area contributed by atoms with Crippen molar-refractivity contribution >= 4 is 54.8 Å². The first-order chi connectivity index (χ1) is 4.29. The molecule has 4 heteroatoms. The molecular weight excluding hydrogens is 342 g/mol. The molecule has 0 saturated carbocycles. The second-order valence-corrected chi connectivity index (χ2v) is 3.68. The van der Waals surface area contributed by atoms with E-state index in [1.807, 2.05) is 6.08 Å². The van der Waals surface area contributed by atoms with Gasteiger partial charge in [-0.1, -0.05) is 0 Å². The summed E-state index contributed by atoms with van der Waals surface area (Å²) < 4.78 is 1.99. The van der Waals surface area contributed by atoms with Crippen LogP contribution in [0.5, 0.6) is 0 Å². The van der Waals surface area contributed by atoms with Crippen LogP contribution in [0.1, 0.15) is 0 Å². The minimum absolute atomic E-state index is 0.887. The van der Waals surface area contributed by atoms with Gasteiger partial charge in [0.25, 0.3) is 0 Å². The summed E-state index contributed by atoms with van der Waals surface area (Å²) in [4.78, 5) is 0. The van der Waals surface area contributed by atoms with Gasteiger partial charge >= 0.3 is 0 Å². The lowest BCUT2D eigenvalue weighted by atomic mass is 10.5. The van der Waals surface area contributed by atoms with E-state index < -0.39 is 0 Å². The first-order valence-corrected chi connectivity index (χ1v) is 4.34. The van der Waals surface area contributed by atoms with Crippen LogP contribution in [-0.4, -0.2) is 9.59 Å². The van der Waals surface area contributed by atoms with E-state index >= 15 is 0 Å². The number of halogens is 2. The lowest BCUT2D eigenvalue weighted by molar-refractivity contribution is 1.28. The Labute approximate surface area is 80.1 Å². The molecule has 0 fully saturated rings. The third-order valence-corrected chi connectivity index (χ3v) is 1.81. The largest absolute Gasteiger partial charge is 0.136 e. The number of hydrogen-bond donors (Lipinski definition) is 0. The quantitative estimate of drug-likeness (QED) is 0.603. The van der Waals surface area contributed by atoms with Crippen LogP contribution >= 0.6 is 45.2 Å². The third kappa shape index (κ3) is 2.59. The topological polar surface area (TPSA) is 24.7 Å². The zero-order valence-corrected chi connectivity index (χ0v) is 8.62. The maximum atomic E-state index is 3.78. The Kier molecular flexibility index (Phi) is 2.87. The number of hydrogen-bond acceptors (Lipinski definition) is 2. The first-order valence-electron chi connectivity index (χ1n) is 2.18. The van der Waals surface area contributed by atoms with Crippen molar-refractivity contribution in [2.45, 2.75) is 0 Å². The van der Waals surface area contributed by atoms with Crippen LogP contribution in [0.25, 0.3) is 0 Å². The van der Waals surface area contributed by atoms with Crippen LogP contribution in [0.15, 0.2) is 25.9 Å². The van der Waals surface area contributed by atoms with Crippen molar-refractivity contribution < 1.29 is 0 Å².